The molecule has 21 heavy (non-hydrogen) atoms. The van der Waals surface area contributed by atoms with Crippen LogP contribution < -0.4 is 5.32 Å². The van der Waals surface area contributed by atoms with Crippen molar-refractivity contribution in [2.45, 2.75) is 82.5 Å². The number of rotatable bonds is 5. The number of aromatic nitrogens is 1. The Balaban J connectivity index is 1.63. The predicted octanol–water partition coefficient (Wildman–Crippen LogP) is 3.47. The highest BCUT2D eigenvalue weighted by atomic mass is 32.1. The molecule has 0 amide bonds. The Morgan fingerprint density at radius 1 is 1.33 bits per heavy atom. The summed E-state index contributed by atoms with van der Waals surface area (Å²) in [7, 11) is 0. The lowest BCUT2D eigenvalue weighted by atomic mass is 9.96. The van der Waals surface area contributed by atoms with Gasteiger partial charge in [-0.3, -0.25) is 4.90 Å². The van der Waals surface area contributed by atoms with Gasteiger partial charge in [-0.2, -0.15) is 0 Å². The van der Waals surface area contributed by atoms with Gasteiger partial charge < -0.3 is 5.32 Å². The molecule has 4 rings (SSSR count). The summed E-state index contributed by atoms with van der Waals surface area (Å²) in [5.41, 5.74) is 1.39. The van der Waals surface area contributed by atoms with Crippen LogP contribution in [0, 0.1) is 0 Å². The quantitative estimate of drug-likeness (QED) is 0.903. The Labute approximate surface area is 132 Å². The minimum atomic E-state index is 0.126. The Hall–Kier alpha value is -0.450. The van der Waals surface area contributed by atoms with E-state index in [9.17, 15) is 0 Å². The third kappa shape index (κ3) is 2.66. The van der Waals surface area contributed by atoms with Crippen molar-refractivity contribution < 1.29 is 0 Å². The van der Waals surface area contributed by atoms with Gasteiger partial charge in [-0.25, -0.2) is 4.98 Å². The van der Waals surface area contributed by atoms with E-state index >= 15 is 0 Å². The zero-order valence-corrected chi connectivity index (χ0v) is 14.2. The molecule has 1 N–H and O–H groups in total. The van der Waals surface area contributed by atoms with Crippen LogP contribution in [-0.4, -0.2) is 34.6 Å². The third-order valence-corrected chi connectivity index (χ3v) is 6.32. The zero-order valence-electron chi connectivity index (χ0n) is 13.4. The van der Waals surface area contributed by atoms with Crippen LogP contribution in [0.2, 0.25) is 0 Å². The number of nitrogens with one attached hydrogen (secondary N) is 1. The van der Waals surface area contributed by atoms with Crippen LogP contribution in [0.15, 0.2) is 5.38 Å². The van der Waals surface area contributed by atoms with E-state index in [-0.39, 0.29) is 5.54 Å². The molecule has 2 aliphatic carbocycles. The molecule has 3 nitrogen and oxygen atoms in total. The summed E-state index contributed by atoms with van der Waals surface area (Å²) in [6, 6.07) is 2.28. The number of hydrogen-bond acceptors (Lipinski definition) is 4. The summed E-state index contributed by atoms with van der Waals surface area (Å²) < 4.78 is 0. The molecule has 1 aliphatic heterocycles. The van der Waals surface area contributed by atoms with Crippen LogP contribution in [-0.2, 0) is 5.54 Å². The fraction of sp³-hybridized carbons (Fsp3) is 0.824. The minimum Gasteiger partial charge on any atom is -0.301 e. The second kappa shape index (κ2) is 5.04. The highest BCUT2D eigenvalue weighted by Gasteiger charge is 2.51. The Morgan fingerprint density at radius 2 is 2.10 bits per heavy atom. The molecular weight excluding hydrogens is 278 g/mol. The van der Waals surface area contributed by atoms with E-state index in [1.54, 1.807) is 0 Å². The van der Waals surface area contributed by atoms with Gasteiger partial charge in [-0.1, -0.05) is 13.8 Å². The SMILES string of the molecule is CC(C)c1csc(C2(NC3CC3)CC(C)N(C3CC3)C2)n1. The van der Waals surface area contributed by atoms with Crippen LogP contribution in [0.1, 0.15) is 69.5 Å². The molecule has 4 heteroatoms. The van der Waals surface area contributed by atoms with Crippen molar-refractivity contribution in [2.75, 3.05) is 6.54 Å². The van der Waals surface area contributed by atoms with Crippen molar-refractivity contribution in [1.82, 2.24) is 15.2 Å². The van der Waals surface area contributed by atoms with Gasteiger partial charge in [0.15, 0.2) is 0 Å². The topological polar surface area (TPSA) is 28.2 Å². The van der Waals surface area contributed by atoms with Crippen LogP contribution in [0.3, 0.4) is 0 Å². The number of hydrogen-bond donors (Lipinski definition) is 1. The molecule has 2 unspecified atom stereocenters. The van der Waals surface area contributed by atoms with E-state index in [4.69, 9.17) is 4.98 Å². The van der Waals surface area contributed by atoms with Gasteiger partial charge in [0.25, 0.3) is 0 Å². The van der Waals surface area contributed by atoms with E-state index in [0.29, 0.717) is 12.0 Å². The molecule has 0 bridgehead atoms. The molecular formula is C17H27N3S. The molecule has 1 aromatic rings. The van der Waals surface area contributed by atoms with Gasteiger partial charge in [0.05, 0.1) is 11.2 Å². The van der Waals surface area contributed by atoms with Gasteiger partial charge in [0.2, 0.25) is 0 Å². The van der Waals surface area contributed by atoms with E-state index in [1.165, 1.54) is 49.4 Å². The van der Waals surface area contributed by atoms with Crippen LogP contribution in [0.5, 0.6) is 0 Å². The first-order chi connectivity index (χ1) is 10.1. The highest BCUT2D eigenvalue weighted by Crippen LogP contribution is 2.44. The van der Waals surface area contributed by atoms with Crippen molar-refractivity contribution in [2.24, 2.45) is 0 Å². The fourth-order valence-corrected chi connectivity index (χ4v) is 4.91. The number of nitrogens with zero attached hydrogens (tertiary/aromatic N) is 2. The smallest absolute Gasteiger partial charge is 0.114 e. The molecule has 116 valence electrons. The minimum absolute atomic E-state index is 0.126. The van der Waals surface area contributed by atoms with Crippen molar-refractivity contribution >= 4 is 11.3 Å². The second-order valence-corrected chi connectivity index (χ2v) is 8.55. The van der Waals surface area contributed by atoms with Gasteiger partial charge in [-0.15, -0.1) is 11.3 Å². The molecule has 2 heterocycles. The molecule has 2 saturated carbocycles. The predicted molar refractivity (Wildman–Crippen MR) is 87.8 cm³/mol. The first kappa shape index (κ1) is 14.2. The summed E-state index contributed by atoms with van der Waals surface area (Å²) >= 11 is 1.88. The highest BCUT2D eigenvalue weighted by molar-refractivity contribution is 7.09. The molecule has 0 radical (unpaired) electrons. The molecule has 3 aliphatic rings. The summed E-state index contributed by atoms with van der Waals surface area (Å²) in [5, 5.41) is 7.60. The lowest BCUT2D eigenvalue weighted by molar-refractivity contribution is 0.239. The first-order valence-corrected chi connectivity index (χ1v) is 9.45. The van der Waals surface area contributed by atoms with Crippen LogP contribution >= 0.6 is 11.3 Å². The van der Waals surface area contributed by atoms with Crippen molar-refractivity contribution in [3.63, 3.8) is 0 Å². The third-order valence-electron chi connectivity index (χ3n) is 5.26. The van der Waals surface area contributed by atoms with E-state index in [2.05, 4.69) is 36.4 Å². The van der Waals surface area contributed by atoms with E-state index in [0.717, 1.165) is 12.1 Å². The summed E-state index contributed by atoms with van der Waals surface area (Å²) in [4.78, 5) is 7.76. The largest absolute Gasteiger partial charge is 0.301 e. The number of likely N-dealkylation sites (tertiary alicyclic amines) is 1. The molecule has 0 spiro atoms. The lowest BCUT2D eigenvalue weighted by Gasteiger charge is -2.29. The maximum atomic E-state index is 5.02. The van der Waals surface area contributed by atoms with Crippen molar-refractivity contribution in [3.8, 4) is 0 Å². The average Bonchev–Trinajstić information content (AvgIpc) is 3.34. The fourth-order valence-electron chi connectivity index (χ4n) is 3.76. The van der Waals surface area contributed by atoms with Gasteiger partial charge in [0.1, 0.15) is 5.01 Å². The summed E-state index contributed by atoms with van der Waals surface area (Å²) in [6.45, 7) is 8.06. The van der Waals surface area contributed by atoms with Gasteiger partial charge in [-0.05, 0) is 44.9 Å². The van der Waals surface area contributed by atoms with Crippen LogP contribution in [0.4, 0.5) is 0 Å². The standard InChI is InChI=1S/C17H27N3S/c1-11(2)15-9-21-16(18-15)17(19-13-4-5-13)8-12(3)20(10-17)14-6-7-14/h9,11-14,19H,4-8,10H2,1-3H3. The summed E-state index contributed by atoms with van der Waals surface area (Å²) in [5.74, 6) is 0.534. The Bertz CT molecular complexity index is 518. The van der Waals surface area contributed by atoms with Crippen molar-refractivity contribution in [1.29, 1.82) is 0 Å². The molecule has 2 atom stereocenters. The molecule has 1 saturated heterocycles. The zero-order chi connectivity index (χ0) is 14.6. The lowest BCUT2D eigenvalue weighted by Crippen LogP contribution is -2.46. The number of thiazole rings is 1. The normalized spacial score (nSPS) is 34.0. The Morgan fingerprint density at radius 3 is 2.67 bits per heavy atom. The second-order valence-electron chi connectivity index (χ2n) is 7.69. The maximum absolute atomic E-state index is 5.02. The van der Waals surface area contributed by atoms with Crippen LogP contribution in [0.25, 0.3) is 0 Å². The maximum Gasteiger partial charge on any atom is 0.114 e. The van der Waals surface area contributed by atoms with Crippen molar-refractivity contribution in [3.05, 3.63) is 16.1 Å². The van der Waals surface area contributed by atoms with E-state index < -0.39 is 0 Å². The monoisotopic (exact) mass is 305 g/mol. The Kier molecular flexibility index (Phi) is 3.40. The molecule has 0 aromatic carbocycles. The molecule has 1 aromatic heterocycles. The van der Waals surface area contributed by atoms with E-state index in [1.807, 2.05) is 11.3 Å². The summed E-state index contributed by atoms with van der Waals surface area (Å²) in [6.07, 6.45) is 6.73. The molecule has 3 fully saturated rings. The van der Waals surface area contributed by atoms with Gasteiger partial charge in [0, 0.05) is 30.1 Å². The average molecular weight is 305 g/mol. The first-order valence-electron chi connectivity index (χ1n) is 8.57. The van der Waals surface area contributed by atoms with Gasteiger partial charge >= 0.3 is 0 Å².